The monoisotopic (exact) mass is 1750 g/mol. The largest absolute Gasteiger partial charge is 0.469 e. The molecule has 0 N–H and O–H groups in total. The Morgan fingerprint density at radius 2 is 0.949 bits per heavy atom. The first-order valence-corrected chi connectivity index (χ1v) is 44.5. The van der Waals surface area contributed by atoms with Crippen molar-refractivity contribution in [3.8, 4) is 12.1 Å². The third-order valence-corrected chi connectivity index (χ3v) is 34.2. The first-order chi connectivity index (χ1) is 55.4. The lowest BCUT2D eigenvalue weighted by Crippen LogP contribution is -2.50. The second-order valence-electron chi connectivity index (χ2n) is 30.4. The van der Waals surface area contributed by atoms with Gasteiger partial charge >= 0.3 is 47.8 Å². The molecule has 15 rings (SSSR count). The van der Waals surface area contributed by atoms with Gasteiger partial charge in [-0.25, -0.2) is 24.0 Å². The maximum Gasteiger partial charge on any atom is 0.330 e. The molecule has 15 aliphatic rings. The first kappa shape index (κ1) is 90.0. The fraction of sp³-hybridized carbons (Fsp3) is 0.708. The lowest BCUT2D eigenvalue weighted by molar-refractivity contribution is -0.155. The summed E-state index contributed by atoms with van der Waals surface area (Å²) in [4.78, 5) is 101. The molecule has 117 heavy (non-hydrogen) atoms. The molecule has 10 bridgehead atoms. The van der Waals surface area contributed by atoms with E-state index >= 15 is 0 Å². The number of nitriles is 2. The molecule has 5 saturated heterocycles. The Hall–Kier alpha value is -7.74. The summed E-state index contributed by atoms with van der Waals surface area (Å²) >= 11 is 0. The molecule has 0 aromatic heterocycles. The lowest BCUT2D eigenvalue weighted by atomic mass is 9.76. The van der Waals surface area contributed by atoms with Gasteiger partial charge in [-0.1, -0.05) is 32.9 Å². The van der Waals surface area contributed by atoms with Crippen LogP contribution < -0.4 is 0 Å². The van der Waals surface area contributed by atoms with E-state index < -0.39 is 207 Å². The van der Waals surface area contributed by atoms with Crippen molar-refractivity contribution in [2.75, 3.05) is 93.5 Å². The molecule has 27 atom stereocenters. The van der Waals surface area contributed by atoms with Crippen molar-refractivity contribution >= 4 is 105 Å². The number of methoxy groups -OCH3 is 2. The number of hydrogen-bond donors (Lipinski definition) is 0. The summed E-state index contributed by atoms with van der Waals surface area (Å²) < 4.78 is 218. The van der Waals surface area contributed by atoms with E-state index in [2.05, 4.69) is 39.0 Å². The Balaban J connectivity index is 0.000000144. The van der Waals surface area contributed by atoms with Gasteiger partial charge in [0.15, 0.2) is 9.49 Å². The van der Waals surface area contributed by atoms with Gasteiger partial charge in [0, 0.05) is 83.6 Å². The molecule has 0 aromatic carbocycles. The molecule has 0 radical (unpaired) electrons. The smallest absolute Gasteiger partial charge is 0.330 e. The fourth-order valence-corrected chi connectivity index (χ4v) is 30.7. The van der Waals surface area contributed by atoms with Gasteiger partial charge in [0.1, 0.15) is 74.1 Å². The number of carbonyl (C=O) groups is 9. The van der Waals surface area contributed by atoms with Crippen LogP contribution in [0, 0.1) is 92.7 Å². The Morgan fingerprint density at radius 3 is 1.44 bits per heavy atom. The first-order valence-electron chi connectivity index (χ1n) is 37.2. The number of fused-ring (bicyclic) bond motifs is 5. The molecule has 0 spiro atoms. The molecule has 40 nitrogen and oxygen atoms in total. The van der Waals surface area contributed by atoms with E-state index in [-0.39, 0.29) is 152 Å². The summed E-state index contributed by atoms with van der Waals surface area (Å²) in [5.41, 5.74) is -1.56. The average molecular weight is 1750 g/mol. The minimum absolute atomic E-state index is 0.00738. The summed E-state index contributed by atoms with van der Waals surface area (Å²) in [7, 11) is -16.8. The lowest BCUT2D eigenvalue weighted by Gasteiger charge is -2.37. The molecule has 0 aromatic rings. The zero-order valence-corrected chi connectivity index (χ0v) is 67.7. The molecular weight excluding hydrogens is 1660 g/mol. The predicted octanol–water partition coefficient (Wildman–Crippen LogP) is -0.359. The quantitative estimate of drug-likeness (QED) is 0.0202. The number of carbonyl (C=O) groups excluding carboxylic acids is 9. The topological polar surface area (TPSA) is 547 Å². The van der Waals surface area contributed by atoms with Crippen LogP contribution in [-0.4, -0.2) is 276 Å². The van der Waals surface area contributed by atoms with E-state index in [4.69, 9.17) is 87.2 Å². The molecule has 5 heterocycles. The second-order valence-corrected chi connectivity index (χ2v) is 39.2. The van der Waals surface area contributed by atoms with Crippen LogP contribution in [0.25, 0.3) is 0 Å². The predicted molar refractivity (Wildman–Crippen MR) is 385 cm³/mol. The van der Waals surface area contributed by atoms with Gasteiger partial charge in [-0.15, -0.1) is 0 Å². The Morgan fingerprint density at radius 1 is 0.487 bits per heavy atom. The van der Waals surface area contributed by atoms with Crippen LogP contribution in [0.15, 0.2) is 63.3 Å². The number of rotatable bonds is 33. The molecular formula is C72H90N2O38S5. The van der Waals surface area contributed by atoms with E-state index in [0.29, 0.717) is 38.6 Å². The maximum atomic E-state index is 12.6. The van der Waals surface area contributed by atoms with Gasteiger partial charge in [0.25, 0.3) is 57.1 Å². The van der Waals surface area contributed by atoms with E-state index in [1.54, 1.807) is 0 Å². The van der Waals surface area contributed by atoms with Crippen molar-refractivity contribution in [1.29, 1.82) is 10.5 Å². The molecule has 0 amide bonds. The minimum atomic E-state index is -4.04. The molecule has 15 fully saturated rings. The van der Waals surface area contributed by atoms with Crippen LogP contribution in [-0.2, 0) is 181 Å². The van der Waals surface area contributed by atoms with E-state index in [1.807, 2.05) is 6.07 Å². The Labute approximate surface area is 674 Å². The van der Waals surface area contributed by atoms with E-state index in [0.717, 1.165) is 30.4 Å². The van der Waals surface area contributed by atoms with Crippen LogP contribution in [0.3, 0.4) is 0 Å². The van der Waals surface area contributed by atoms with Gasteiger partial charge in [0.2, 0.25) is 0 Å². The fourth-order valence-electron chi connectivity index (χ4n) is 20.6. The molecule has 27 unspecified atom stereocenters. The van der Waals surface area contributed by atoms with Crippen molar-refractivity contribution < 1.29 is 172 Å². The van der Waals surface area contributed by atoms with Crippen molar-refractivity contribution in [2.24, 2.45) is 70.0 Å². The summed E-state index contributed by atoms with van der Waals surface area (Å²) in [5, 5.41) is 16.2. The van der Waals surface area contributed by atoms with Crippen LogP contribution in [0.1, 0.15) is 64.7 Å². The summed E-state index contributed by atoms with van der Waals surface area (Å²) in [6.07, 6.45) is 3.23. The highest BCUT2D eigenvalue weighted by atomic mass is 32.2. The minimum Gasteiger partial charge on any atom is -0.469 e. The van der Waals surface area contributed by atoms with Crippen LogP contribution in [0.2, 0.25) is 0 Å². The normalized spacial score (nSPS) is 39.2. The molecule has 45 heteroatoms. The molecule has 646 valence electrons. The van der Waals surface area contributed by atoms with Crippen molar-refractivity contribution in [2.45, 2.75) is 151 Å². The average Bonchev–Trinajstić information content (AvgIpc) is 1.50. The number of ether oxygens (including phenoxy) is 14. The highest BCUT2D eigenvalue weighted by molar-refractivity contribution is 7.89. The van der Waals surface area contributed by atoms with Gasteiger partial charge in [-0.2, -0.15) is 52.6 Å². The van der Waals surface area contributed by atoms with E-state index in [1.165, 1.54) is 21.1 Å². The second kappa shape index (κ2) is 35.5. The highest BCUT2D eigenvalue weighted by Gasteiger charge is 2.81. The highest BCUT2D eigenvalue weighted by Crippen LogP contribution is 2.71. The van der Waals surface area contributed by atoms with Crippen LogP contribution >= 0.6 is 0 Å². The van der Waals surface area contributed by atoms with Crippen molar-refractivity contribution in [3.05, 3.63) is 63.3 Å². The molecule has 10 aliphatic carbocycles. The number of nitrogens with zero attached hydrogens (tertiary/aromatic N) is 2. The SMILES string of the molecule is C=CC(=O)OCCOC1C2CC3C1OS(=O)(=O)C3(C#N)C2.C=CC(=O)OCCOC1C2CC3C1OS(=O)(=O)C3(C(=O)OC)C2.C=CC(=O)OCCOC1C2CC3C1OS(=O)(=O)C3C2C#N.C=CC(=O)OCCOC1C2CC3C1OS(=O)(=O)C3C2C(=O)OC.C=CC(=O)OCCOC1C2OS(=O)(=O)C3CC1(COC(C)=O)CC23CCOC=O. The zero-order valence-electron chi connectivity index (χ0n) is 63.6. The third-order valence-electron chi connectivity index (χ3n) is 24.9. The van der Waals surface area contributed by atoms with Crippen molar-refractivity contribution in [1.82, 2.24) is 0 Å². The Kier molecular flexibility index (Phi) is 27.3. The summed E-state index contributed by atoms with van der Waals surface area (Å²) in [5.74, 6) is -7.64. The standard InChI is InChI=1S/C18H24O10S.2C14H18O8S.2C13H15NO6S/c1-3-14(21)25-6-7-26-15-16-18(4-5-24-11-19)9-17(15,10-27-12(2)20)8-13(18)29(22,23)28-16;1-3-10(15)20-4-5-21-11-8-6-9-12(11)22-23(17,18)14(9,7-8)13(16)19-2;1-3-9(15)20-4-5-21-11-7-6-8-12(11)22-23(17,18)13(8)10(7)14(16)19-2;1-2-10(15)18-3-4-19-11-8-5-9-12(11)20-21(16,17)13(9,6-8)7-14;1-2-10(15)18-3-4-19-11-7-5-8-12(11)20-21(16,17)13(8)9(7)6-14/h3,11,13,15-16H,1,4-10H2,2H3;3,8-9,11-12H,1,4-7H2,2H3;3,7-8,10-13H,1,4-6H2,2H3;2,8-9,11-12H,1,3-6H2;2,7-9,11-13H,1,3-5H2. The number of esters is 8. The summed E-state index contributed by atoms with van der Waals surface area (Å²) in [6.45, 7) is 18.7. The zero-order chi connectivity index (χ0) is 85.3. The van der Waals surface area contributed by atoms with Gasteiger partial charge in [-0.3, -0.25) is 40.1 Å². The molecule has 10 saturated carbocycles. The third kappa shape index (κ3) is 16.5. The van der Waals surface area contributed by atoms with E-state index in [9.17, 15) is 95.8 Å². The summed E-state index contributed by atoms with van der Waals surface area (Å²) in [6, 6.07) is 4.04. The number of hydrogen-bond acceptors (Lipinski definition) is 40. The Bertz CT molecular complexity index is 4620. The molecule has 5 aliphatic heterocycles. The van der Waals surface area contributed by atoms with Crippen LogP contribution in [0.4, 0.5) is 0 Å². The van der Waals surface area contributed by atoms with Gasteiger partial charge in [-0.05, 0) is 69.6 Å². The van der Waals surface area contributed by atoms with Crippen molar-refractivity contribution in [3.63, 3.8) is 0 Å². The van der Waals surface area contributed by atoms with Crippen LogP contribution in [0.5, 0.6) is 0 Å². The van der Waals surface area contributed by atoms with Gasteiger partial charge < -0.3 is 66.3 Å². The van der Waals surface area contributed by atoms with Gasteiger partial charge in [0.05, 0.1) is 120 Å². The maximum absolute atomic E-state index is 12.6.